The van der Waals surface area contributed by atoms with Crippen molar-refractivity contribution in [2.24, 2.45) is 0 Å². The fourth-order valence-corrected chi connectivity index (χ4v) is 1.12. The second-order valence-corrected chi connectivity index (χ2v) is 3.25. The van der Waals surface area contributed by atoms with Crippen molar-refractivity contribution in [3.05, 3.63) is 22.3 Å². The van der Waals surface area contributed by atoms with Crippen molar-refractivity contribution < 1.29 is 24.0 Å². The van der Waals surface area contributed by atoms with Gasteiger partial charge in [-0.15, -0.1) is 0 Å². The molecule has 0 heterocycles. The molecule has 1 atom stereocenters. The van der Waals surface area contributed by atoms with E-state index in [4.69, 9.17) is 4.74 Å². The number of carbonyl (C=O) groups excluding carboxylic acids is 2. The maximum Gasteiger partial charge on any atom is 0.330 e. The van der Waals surface area contributed by atoms with Crippen LogP contribution in [0.1, 0.15) is 19.8 Å². The summed E-state index contributed by atoms with van der Waals surface area (Å²) in [5.74, 6) is -1.06. The molecule has 0 aromatic heterocycles. The number of methoxy groups -OCH3 is 1. The van der Waals surface area contributed by atoms with Crippen LogP contribution < -0.4 is 0 Å². The largest absolute Gasteiger partial charge is 0.466 e. The molecule has 0 saturated heterocycles. The Kier molecular flexibility index (Phi) is 7.32. The number of allylic oxidation sites excluding steroid dienone is 1. The minimum absolute atomic E-state index is 0.286. The van der Waals surface area contributed by atoms with E-state index in [1.54, 1.807) is 0 Å². The second kappa shape index (κ2) is 8.26. The molecule has 0 saturated carbocycles. The van der Waals surface area contributed by atoms with Gasteiger partial charge in [0.05, 0.1) is 7.11 Å². The lowest BCUT2D eigenvalue weighted by atomic mass is 10.2. The van der Waals surface area contributed by atoms with Crippen LogP contribution in [0.5, 0.6) is 0 Å². The van der Waals surface area contributed by atoms with Crippen LogP contribution in [0, 0.1) is 10.1 Å². The second-order valence-electron chi connectivity index (χ2n) is 3.25. The molecule has 0 aliphatic rings. The highest BCUT2D eigenvalue weighted by Gasteiger charge is 2.17. The lowest BCUT2D eigenvalue weighted by Gasteiger charge is -2.11. The SMILES string of the molecule is COC(=O)C=CCCC(C[N+](=O)[O-])OC(C)=O. The van der Waals surface area contributed by atoms with E-state index in [1.807, 2.05) is 0 Å². The van der Waals surface area contributed by atoms with Gasteiger partial charge in [-0.1, -0.05) is 6.08 Å². The Hall–Kier alpha value is -1.92. The molecule has 0 aliphatic carbocycles. The Labute approximate surface area is 98.5 Å². The minimum Gasteiger partial charge on any atom is -0.466 e. The molecule has 0 rings (SSSR count). The van der Waals surface area contributed by atoms with E-state index >= 15 is 0 Å². The van der Waals surface area contributed by atoms with Gasteiger partial charge in [0.2, 0.25) is 6.54 Å². The van der Waals surface area contributed by atoms with Gasteiger partial charge < -0.3 is 9.47 Å². The third kappa shape index (κ3) is 9.04. The molecule has 7 nitrogen and oxygen atoms in total. The summed E-state index contributed by atoms with van der Waals surface area (Å²) in [5, 5.41) is 10.3. The molecule has 0 bridgehead atoms. The zero-order valence-electron chi connectivity index (χ0n) is 9.75. The van der Waals surface area contributed by atoms with Crippen molar-refractivity contribution >= 4 is 11.9 Å². The number of esters is 2. The molecule has 0 radical (unpaired) electrons. The summed E-state index contributed by atoms with van der Waals surface area (Å²) in [5.41, 5.74) is 0. The van der Waals surface area contributed by atoms with Gasteiger partial charge >= 0.3 is 11.9 Å². The Morgan fingerprint density at radius 3 is 2.59 bits per heavy atom. The van der Waals surface area contributed by atoms with Crippen LogP contribution in [-0.2, 0) is 19.1 Å². The molecule has 0 spiro atoms. The molecule has 0 fully saturated rings. The lowest BCUT2D eigenvalue weighted by molar-refractivity contribution is -0.490. The van der Waals surface area contributed by atoms with Crippen LogP contribution in [0.4, 0.5) is 0 Å². The zero-order chi connectivity index (χ0) is 13.3. The maximum absolute atomic E-state index is 10.7. The number of hydrogen-bond donors (Lipinski definition) is 0. The van der Waals surface area contributed by atoms with Gasteiger partial charge in [-0.3, -0.25) is 14.9 Å². The summed E-state index contributed by atoms with van der Waals surface area (Å²) in [4.78, 5) is 31.2. The molecular weight excluding hydrogens is 230 g/mol. The first-order valence-electron chi connectivity index (χ1n) is 4.99. The summed E-state index contributed by atoms with van der Waals surface area (Å²) in [7, 11) is 1.25. The molecule has 0 amide bonds. The van der Waals surface area contributed by atoms with Crippen LogP contribution >= 0.6 is 0 Å². The Bertz CT molecular complexity index is 296. The summed E-state index contributed by atoms with van der Waals surface area (Å²) in [6.45, 7) is 0.753. The first-order valence-corrected chi connectivity index (χ1v) is 4.99. The van der Waals surface area contributed by atoms with E-state index in [2.05, 4.69) is 4.74 Å². The summed E-state index contributed by atoms with van der Waals surface area (Å²) in [6.07, 6.45) is 2.64. The van der Waals surface area contributed by atoms with E-state index in [9.17, 15) is 19.7 Å². The highest BCUT2D eigenvalue weighted by atomic mass is 16.6. The van der Waals surface area contributed by atoms with Crippen LogP contribution in [0.25, 0.3) is 0 Å². The van der Waals surface area contributed by atoms with Gasteiger partial charge in [-0.05, 0) is 12.8 Å². The predicted octanol–water partition coefficient (Wildman–Crippen LogP) is 0.704. The molecule has 1 unspecified atom stereocenters. The summed E-state index contributed by atoms with van der Waals surface area (Å²) >= 11 is 0. The average molecular weight is 245 g/mol. The van der Waals surface area contributed by atoms with Gasteiger partial charge in [-0.2, -0.15) is 0 Å². The topological polar surface area (TPSA) is 95.7 Å². The molecule has 7 heteroatoms. The molecule has 0 aromatic rings. The maximum atomic E-state index is 10.7. The molecule has 0 aliphatic heterocycles. The van der Waals surface area contributed by atoms with Gasteiger partial charge in [0.15, 0.2) is 6.10 Å². The van der Waals surface area contributed by atoms with Crippen molar-refractivity contribution in [3.8, 4) is 0 Å². The van der Waals surface area contributed by atoms with Gasteiger partial charge in [0.25, 0.3) is 0 Å². The number of ether oxygens (including phenoxy) is 2. The number of hydrogen-bond acceptors (Lipinski definition) is 6. The molecule has 0 N–H and O–H groups in total. The molecular formula is C10H15NO6. The van der Waals surface area contributed by atoms with E-state index in [0.29, 0.717) is 6.42 Å². The number of rotatable bonds is 7. The first-order chi connectivity index (χ1) is 7.95. The van der Waals surface area contributed by atoms with E-state index in [-0.39, 0.29) is 6.42 Å². The highest BCUT2D eigenvalue weighted by Crippen LogP contribution is 2.04. The zero-order valence-corrected chi connectivity index (χ0v) is 9.75. The average Bonchev–Trinajstić information content (AvgIpc) is 2.22. The van der Waals surface area contributed by atoms with Crippen molar-refractivity contribution in [1.82, 2.24) is 0 Å². The van der Waals surface area contributed by atoms with Crippen LogP contribution in [0.15, 0.2) is 12.2 Å². The summed E-state index contributed by atoms with van der Waals surface area (Å²) in [6, 6.07) is 0. The number of nitrogens with zero attached hydrogens (tertiary/aromatic N) is 1. The minimum atomic E-state index is -0.773. The van der Waals surface area contributed by atoms with Crippen molar-refractivity contribution in [1.29, 1.82) is 0 Å². The van der Waals surface area contributed by atoms with E-state index < -0.39 is 29.5 Å². The third-order valence-electron chi connectivity index (χ3n) is 1.80. The van der Waals surface area contributed by atoms with Crippen LogP contribution in [0.3, 0.4) is 0 Å². The quantitative estimate of drug-likeness (QED) is 0.283. The van der Waals surface area contributed by atoms with Crippen LogP contribution in [0.2, 0.25) is 0 Å². The molecule has 96 valence electrons. The van der Waals surface area contributed by atoms with Crippen molar-refractivity contribution in [2.75, 3.05) is 13.7 Å². The van der Waals surface area contributed by atoms with Crippen molar-refractivity contribution in [3.63, 3.8) is 0 Å². The van der Waals surface area contributed by atoms with Crippen molar-refractivity contribution in [2.45, 2.75) is 25.9 Å². The fourth-order valence-electron chi connectivity index (χ4n) is 1.12. The Balaban J connectivity index is 4.07. The van der Waals surface area contributed by atoms with Gasteiger partial charge in [0.1, 0.15) is 0 Å². The Morgan fingerprint density at radius 1 is 1.47 bits per heavy atom. The van der Waals surface area contributed by atoms with Gasteiger partial charge in [0, 0.05) is 17.9 Å². The van der Waals surface area contributed by atoms with E-state index in [1.165, 1.54) is 26.2 Å². The predicted molar refractivity (Wildman–Crippen MR) is 57.8 cm³/mol. The smallest absolute Gasteiger partial charge is 0.330 e. The normalized spacial score (nSPS) is 12.1. The van der Waals surface area contributed by atoms with E-state index in [0.717, 1.165) is 0 Å². The highest BCUT2D eigenvalue weighted by molar-refractivity contribution is 5.81. The summed E-state index contributed by atoms with van der Waals surface area (Å²) < 4.78 is 9.13. The van der Waals surface area contributed by atoms with Gasteiger partial charge in [-0.25, -0.2) is 4.79 Å². The first kappa shape index (κ1) is 15.1. The monoisotopic (exact) mass is 245 g/mol. The Morgan fingerprint density at radius 2 is 2.12 bits per heavy atom. The standard InChI is InChI=1S/C10H15NO6/c1-8(12)17-9(7-11(14)15)5-3-4-6-10(13)16-2/h4,6,9H,3,5,7H2,1-2H3. The molecule has 17 heavy (non-hydrogen) atoms. The number of nitro groups is 1. The fraction of sp³-hybridized carbons (Fsp3) is 0.600. The number of carbonyl (C=O) groups is 2. The molecule has 0 aromatic carbocycles. The third-order valence-corrected chi connectivity index (χ3v) is 1.80. The van der Waals surface area contributed by atoms with Crippen LogP contribution in [-0.4, -0.2) is 36.6 Å². The lowest BCUT2D eigenvalue weighted by Crippen LogP contribution is -2.25.